The molecule has 21 heavy (non-hydrogen) atoms. The van der Waals surface area contributed by atoms with Crippen molar-refractivity contribution in [3.05, 3.63) is 28.3 Å². The Morgan fingerprint density at radius 2 is 2.10 bits per heavy atom. The summed E-state index contributed by atoms with van der Waals surface area (Å²) in [5, 5.41) is 23.4. The Morgan fingerprint density at radius 1 is 1.43 bits per heavy atom. The van der Waals surface area contributed by atoms with E-state index in [9.17, 15) is 23.6 Å². The fourth-order valence-corrected chi connectivity index (χ4v) is 4.01. The number of hydrogen-bond acceptors (Lipinski definition) is 6. The van der Waals surface area contributed by atoms with Gasteiger partial charge in [-0.1, -0.05) is 0 Å². The van der Waals surface area contributed by atoms with E-state index in [-0.39, 0.29) is 23.5 Å². The average molecular weight is 315 g/mol. The van der Waals surface area contributed by atoms with Crippen LogP contribution in [0.2, 0.25) is 0 Å². The van der Waals surface area contributed by atoms with Crippen LogP contribution < -0.4 is 5.32 Å². The van der Waals surface area contributed by atoms with Crippen molar-refractivity contribution in [1.29, 1.82) is 0 Å². The molecule has 1 fully saturated rings. The predicted molar refractivity (Wildman–Crippen MR) is 75.6 cm³/mol. The maximum atomic E-state index is 12.6. The van der Waals surface area contributed by atoms with E-state index in [1.165, 1.54) is 10.4 Å². The molecule has 1 aliphatic heterocycles. The van der Waals surface area contributed by atoms with Crippen molar-refractivity contribution >= 4 is 15.7 Å². The Bertz CT molecular complexity index is 661. The van der Waals surface area contributed by atoms with E-state index in [2.05, 4.69) is 5.32 Å². The van der Waals surface area contributed by atoms with Gasteiger partial charge in [0.15, 0.2) is 5.75 Å². The maximum absolute atomic E-state index is 12.6. The van der Waals surface area contributed by atoms with Crippen molar-refractivity contribution in [2.75, 3.05) is 13.1 Å². The highest BCUT2D eigenvalue weighted by Gasteiger charge is 2.34. The van der Waals surface area contributed by atoms with Gasteiger partial charge in [-0.15, -0.1) is 0 Å². The summed E-state index contributed by atoms with van der Waals surface area (Å²) < 4.78 is 26.6. The number of nitro groups is 1. The van der Waals surface area contributed by atoms with Crippen LogP contribution in [0.3, 0.4) is 0 Å². The molecule has 0 aliphatic carbocycles. The lowest BCUT2D eigenvalue weighted by Gasteiger charge is -2.36. The largest absolute Gasteiger partial charge is 0.502 e. The molecule has 1 aliphatic rings. The summed E-state index contributed by atoms with van der Waals surface area (Å²) in [5.74, 6) is -0.555. The fourth-order valence-electron chi connectivity index (χ4n) is 2.27. The van der Waals surface area contributed by atoms with Gasteiger partial charge in [-0.25, -0.2) is 8.42 Å². The van der Waals surface area contributed by atoms with E-state index < -0.39 is 26.4 Å². The molecule has 0 radical (unpaired) electrons. The number of phenolic OH excluding ortho intramolecular Hbond substituents is 1. The van der Waals surface area contributed by atoms with Gasteiger partial charge in [0.25, 0.3) is 0 Å². The summed E-state index contributed by atoms with van der Waals surface area (Å²) >= 11 is 0. The number of piperazine rings is 1. The third-order valence-corrected chi connectivity index (χ3v) is 5.43. The third-order valence-electron chi connectivity index (χ3n) is 3.46. The highest BCUT2D eigenvalue weighted by atomic mass is 32.2. The van der Waals surface area contributed by atoms with Crippen LogP contribution in [0.15, 0.2) is 23.1 Å². The lowest BCUT2D eigenvalue weighted by atomic mass is 10.2. The molecular formula is C12H17N3O5S. The zero-order valence-corrected chi connectivity index (χ0v) is 12.5. The quantitative estimate of drug-likeness (QED) is 0.626. The Labute approximate surface area is 122 Å². The molecule has 1 heterocycles. The van der Waals surface area contributed by atoms with E-state index >= 15 is 0 Å². The molecule has 0 amide bonds. The van der Waals surface area contributed by atoms with Gasteiger partial charge < -0.3 is 10.4 Å². The van der Waals surface area contributed by atoms with Gasteiger partial charge in [0, 0.05) is 31.2 Å². The first-order chi connectivity index (χ1) is 9.73. The number of rotatable bonds is 3. The molecule has 1 aromatic carbocycles. The van der Waals surface area contributed by atoms with E-state index in [1.807, 2.05) is 6.92 Å². The molecule has 2 unspecified atom stereocenters. The Morgan fingerprint density at radius 3 is 2.71 bits per heavy atom. The second-order valence-electron chi connectivity index (χ2n) is 5.14. The van der Waals surface area contributed by atoms with Crippen LogP contribution >= 0.6 is 0 Å². The minimum absolute atomic E-state index is 0.00285. The Hall–Kier alpha value is -1.71. The van der Waals surface area contributed by atoms with Crippen LogP contribution in [-0.4, -0.2) is 47.9 Å². The highest BCUT2D eigenvalue weighted by Crippen LogP contribution is 2.30. The van der Waals surface area contributed by atoms with Gasteiger partial charge in [-0.05, 0) is 26.0 Å². The van der Waals surface area contributed by atoms with Crippen molar-refractivity contribution in [3.63, 3.8) is 0 Å². The van der Waals surface area contributed by atoms with Crippen LogP contribution in [0.4, 0.5) is 5.69 Å². The molecule has 2 rings (SSSR count). The standard InChI is InChI=1S/C12H17N3O5S/c1-8-7-14(9(2)6-13-8)21(19,20)10-3-4-12(16)11(5-10)15(17)18/h3-5,8-9,13,16H,6-7H2,1-2H3. The highest BCUT2D eigenvalue weighted by molar-refractivity contribution is 7.89. The summed E-state index contributed by atoms with van der Waals surface area (Å²) in [6, 6.07) is 2.85. The second-order valence-corrected chi connectivity index (χ2v) is 7.03. The maximum Gasteiger partial charge on any atom is 0.312 e. The fraction of sp³-hybridized carbons (Fsp3) is 0.500. The van der Waals surface area contributed by atoms with Crippen LogP contribution in [0, 0.1) is 10.1 Å². The summed E-state index contributed by atoms with van der Waals surface area (Å²) in [6.45, 7) is 4.44. The zero-order chi connectivity index (χ0) is 15.8. The number of hydrogen-bond donors (Lipinski definition) is 2. The van der Waals surface area contributed by atoms with Crippen molar-refractivity contribution in [2.24, 2.45) is 0 Å². The molecule has 0 saturated carbocycles. The first kappa shape index (κ1) is 15.7. The van der Waals surface area contributed by atoms with Gasteiger partial charge in [-0.2, -0.15) is 4.31 Å². The molecule has 2 N–H and O–H groups in total. The summed E-state index contributed by atoms with van der Waals surface area (Å²) in [4.78, 5) is 9.83. The van der Waals surface area contributed by atoms with E-state index in [4.69, 9.17) is 0 Å². The second kappa shape index (κ2) is 5.58. The minimum Gasteiger partial charge on any atom is -0.502 e. The molecule has 0 spiro atoms. The van der Waals surface area contributed by atoms with Crippen molar-refractivity contribution < 1.29 is 18.4 Å². The summed E-state index contributed by atoms with van der Waals surface area (Å²) in [5.41, 5.74) is -0.619. The van der Waals surface area contributed by atoms with Gasteiger partial charge in [0.2, 0.25) is 10.0 Å². The average Bonchev–Trinajstić information content (AvgIpc) is 2.41. The normalized spacial score (nSPS) is 23.9. The Kier molecular flexibility index (Phi) is 4.17. The number of phenols is 1. The zero-order valence-electron chi connectivity index (χ0n) is 11.7. The van der Waals surface area contributed by atoms with E-state index in [1.54, 1.807) is 6.92 Å². The molecule has 0 bridgehead atoms. The molecule has 9 heteroatoms. The number of aromatic hydroxyl groups is 1. The molecule has 1 aromatic rings. The molecule has 8 nitrogen and oxygen atoms in total. The van der Waals surface area contributed by atoms with Crippen LogP contribution in [0.1, 0.15) is 13.8 Å². The van der Waals surface area contributed by atoms with Crippen molar-refractivity contribution in [1.82, 2.24) is 9.62 Å². The van der Waals surface area contributed by atoms with Crippen molar-refractivity contribution in [3.8, 4) is 5.75 Å². The van der Waals surface area contributed by atoms with Gasteiger partial charge in [0.05, 0.1) is 9.82 Å². The lowest BCUT2D eigenvalue weighted by Crippen LogP contribution is -2.56. The first-order valence-corrected chi connectivity index (χ1v) is 7.90. The number of nitrogens with one attached hydrogen (secondary N) is 1. The lowest BCUT2D eigenvalue weighted by molar-refractivity contribution is -0.386. The monoisotopic (exact) mass is 315 g/mol. The summed E-state index contributed by atoms with van der Waals surface area (Å²) in [6.07, 6.45) is 0. The van der Waals surface area contributed by atoms with Gasteiger partial charge in [0.1, 0.15) is 0 Å². The predicted octanol–water partition coefficient (Wildman–Crippen LogP) is 0.671. The van der Waals surface area contributed by atoms with E-state index in [0.29, 0.717) is 6.54 Å². The van der Waals surface area contributed by atoms with Crippen LogP contribution in [0.25, 0.3) is 0 Å². The van der Waals surface area contributed by atoms with Crippen LogP contribution in [-0.2, 0) is 10.0 Å². The third kappa shape index (κ3) is 2.99. The minimum atomic E-state index is -3.84. The molecular weight excluding hydrogens is 298 g/mol. The number of sulfonamides is 1. The van der Waals surface area contributed by atoms with Gasteiger partial charge >= 0.3 is 5.69 Å². The summed E-state index contributed by atoms with van der Waals surface area (Å²) in [7, 11) is -3.84. The number of nitrogens with zero attached hydrogens (tertiary/aromatic N) is 2. The smallest absolute Gasteiger partial charge is 0.312 e. The van der Waals surface area contributed by atoms with Gasteiger partial charge in [-0.3, -0.25) is 10.1 Å². The Balaban J connectivity index is 2.44. The first-order valence-electron chi connectivity index (χ1n) is 6.46. The van der Waals surface area contributed by atoms with Crippen LogP contribution in [0.5, 0.6) is 5.75 Å². The number of benzene rings is 1. The molecule has 116 valence electrons. The van der Waals surface area contributed by atoms with E-state index in [0.717, 1.165) is 12.1 Å². The molecule has 2 atom stereocenters. The topological polar surface area (TPSA) is 113 Å². The molecule has 0 aromatic heterocycles. The SMILES string of the molecule is CC1CN(S(=O)(=O)c2ccc(O)c([N+](=O)[O-])c2)C(C)CN1. The molecule has 1 saturated heterocycles. The van der Waals surface area contributed by atoms with Crippen molar-refractivity contribution in [2.45, 2.75) is 30.8 Å². The number of nitro benzene ring substituents is 1.